The van der Waals surface area contributed by atoms with Crippen LogP contribution in [0.15, 0.2) is 30.3 Å². The third-order valence-electron chi connectivity index (χ3n) is 2.79. The van der Waals surface area contributed by atoms with Gasteiger partial charge in [-0.2, -0.15) is 0 Å². The first-order valence-corrected chi connectivity index (χ1v) is 6.50. The molecule has 2 aromatic rings. The van der Waals surface area contributed by atoms with Crippen LogP contribution in [0, 0.1) is 6.92 Å². The Morgan fingerprint density at radius 3 is 2.39 bits per heavy atom. The van der Waals surface area contributed by atoms with Gasteiger partial charge in [0.05, 0.1) is 10.6 Å². The fourth-order valence-corrected chi connectivity index (χ4v) is 2.90. The molecule has 1 amide bonds. The molecule has 0 unspecified atom stereocenters. The van der Waals surface area contributed by atoms with Gasteiger partial charge in [-0.3, -0.25) is 4.79 Å². The lowest BCUT2D eigenvalue weighted by Gasteiger charge is -2.12. The maximum atomic E-state index is 12.2. The van der Waals surface area contributed by atoms with E-state index in [1.54, 1.807) is 19.0 Å². The molecular formula is C14H16N2OS. The number of nitrogens with zero attached hydrogens (tertiary/aromatic N) is 1. The maximum absolute atomic E-state index is 12.2. The second-order valence-corrected chi connectivity index (χ2v) is 5.59. The summed E-state index contributed by atoms with van der Waals surface area (Å²) in [5.41, 5.74) is 8.60. The number of carbonyl (C=O) groups is 1. The monoisotopic (exact) mass is 260 g/mol. The highest BCUT2D eigenvalue weighted by Crippen LogP contribution is 2.38. The van der Waals surface area contributed by atoms with Crippen molar-refractivity contribution in [2.45, 2.75) is 6.92 Å². The summed E-state index contributed by atoms with van der Waals surface area (Å²) in [6, 6.07) is 9.89. The predicted octanol–water partition coefficient (Wildman–Crippen LogP) is 3.01. The molecule has 1 heterocycles. The first-order valence-electron chi connectivity index (χ1n) is 5.68. The van der Waals surface area contributed by atoms with Crippen molar-refractivity contribution in [2.24, 2.45) is 0 Å². The number of hydrogen-bond acceptors (Lipinski definition) is 3. The Labute approximate surface area is 111 Å². The zero-order valence-corrected chi connectivity index (χ0v) is 11.5. The van der Waals surface area contributed by atoms with Crippen LogP contribution in [0.4, 0.5) is 5.00 Å². The van der Waals surface area contributed by atoms with Crippen LogP contribution in [-0.4, -0.2) is 24.9 Å². The normalized spacial score (nSPS) is 10.4. The third kappa shape index (κ3) is 2.11. The minimum atomic E-state index is -0.0456. The van der Waals surface area contributed by atoms with Gasteiger partial charge in [0.25, 0.3) is 5.91 Å². The van der Waals surface area contributed by atoms with Crippen LogP contribution in [0.2, 0.25) is 0 Å². The average molecular weight is 260 g/mol. The molecular weight excluding hydrogens is 244 g/mol. The zero-order valence-electron chi connectivity index (χ0n) is 10.7. The lowest BCUT2D eigenvalue weighted by molar-refractivity contribution is 0.0829. The van der Waals surface area contributed by atoms with E-state index in [4.69, 9.17) is 5.73 Å². The largest absolute Gasteiger partial charge is 0.390 e. The lowest BCUT2D eigenvalue weighted by Crippen LogP contribution is -2.22. The van der Waals surface area contributed by atoms with Crippen LogP contribution in [0.1, 0.15) is 15.2 Å². The summed E-state index contributed by atoms with van der Waals surface area (Å²) < 4.78 is 0. The van der Waals surface area contributed by atoms with E-state index in [2.05, 4.69) is 0 Å². The summed E-state index contributed by atoms with van der Waals surface area (Å²) >= 11 is 1.47. The topological polar surface area (TPSA) is 46.3 Å². The molecule has 1 aromatic carbocycles. The number of thiophene rings is 1. The number of nitrogen functional groups attached to an aromatic ring is 1. The summed E-state index contributed by atoms with van der Waals surface area (Å²) in [4.78, 5) is 14.9. The van der Waals surface area contributed by atoms with Gasteiger partial charge < -0.3 is 10.6 Å². The Morgan fingerprint density at radius 1 is 1.22 bits per heavy atom. The number of benzene rings is 1. The molecule has 4 heteroatoms. The molecule has 0 fully saturated rings. The quantitative estimate of drug-likeness (QED) is 0.902. The number of hydrogen-bond donors (Lipinski definition) is 1. The molecule has 0 aliphatic carbocycles. The summed E-state index contributed by atoms with van der Waals surface area (Å²) in [6.45, 7) is 2.00. The van der Waals surface area contributed by atoms with Gasteiger partial charge in [-0.15, -0.1) is 11.3 Å². The molecule has 0 spiro atoms. The van der Waals surface area contributed by atoms with Gasteiger partial charge >= 0.3 is 0 Å². The van der Waals surface area contributed by atoms with Crippen molar-refractivity contribution in [3.8, 4) is 11.1 Å². The lowest BCUT2D eigenvalue weighted by atomic mass is 10.0. The Balaban J connectivity index is 2.64. The van der Waals surface area contributed by atoms with Gasteiger partial charge in [0.2, 0.25) is 0 Å². The van der Waals surface area contributed by atoms with E-state index < -0.39 is 0 Å². The van der Waals surface area contributed by atoms with Gasteiger partial charge in [0, 0.05) is 24.5 Å². The van der Waals surface area contributed by atoms with Crippen LogP contribution >= 0.6 is 11.3 Å². The molecule has 0 aliphatic rings. The molecule has 0 bridgehead atoms. The van der Waals surface area contributed by atoms with Crippen LogP contribution < -0.4 is 5.73 Å². The van der Waals surface area contributed by atoms with E-state index in [1.165, 1.54) is 11.3 Å². The van der Waals surface area contributed by atoms with Crippen molar-refractivity contribution in [3.63, 3.8) is 0 Å². The third-order valence-corrected chi connectivity index (χ3v) is 3.73. The van der Waals surface area contributed by atoms with Crippen LogP contribution in [-0.2, 0) is 0 Å². The smallest absolute Gasteiger partial charge is 0.256 e. The van der Waals surface area contributed by atoms with Gasteiger partial charge in [0.15, 0.2) is 0 Å². The van der Waals surface area contributed by atoms with Crippen LogP contribution in [0.25, 0.3) is 11.1 Å². The Morgan fingerprint density at radius 2 is 1.83 bits per heavy atom. The molecule has 2 rings (SSSR count). The van der Waals surface area contributed by atoms with E-state index in [1.807, 2.05) is 37.3 Å². The zero-order chi connectivity index (χ0) is 13.3. The van der Waals surface area contributed by atoms with Crippen molar-refractivity contribution in [3.05, 3.63) is 40.8 Å². The molecule has 0 radical (unpaired) electrons. The molecule has 3 nitrogen and oxygen atoms in total. The van der Waals surface area contributed by atoms with E-state index in [0.29, 0.717) is 10.6 Å². The highest BCUT2D eigenvalue weighted by molar-refractivity contribution is 7.16. The average Bonchev–Trinajstić information content (AvgIpc) is 2.64. The standard InChI is InChI=1S/C14H16N2OS/c1-9-11(10-7-5-4-6-8-10)12(13(15)18-9)14(17)16(2)3/h4-8H,15H2,1-3H3. The number of aryl methyl sites for hydroxylation is 1. The van der Waals surface area contributed by atoms with Crippen molar-refractivity contribution >= 4 is 22.2 Å². The summed E-state index contributed by atoms with van der Waals surface area (Å²) in [6.07, 6.45) is 0. The van der Waals surface area contributed by atoms with Crippen molar-refractivity contribution < 1.29 is 4.79 Å². The van der Waals surface area contributed by atoms with E-state index in [-0.39, 0.29) is 5.91 Å². The SMILES string of the molecule is Cc1sc(N)c(C(=O)N(C)C)c1-c1ccccc1. The number of rotatable bonds is 2. The summed E-state index contributed by atoms with van der Waals surface area (Å²) in [5.74, 6) is -0.0456. The van der Waals surface area contributed by atoms with Crippen LogP contribution in [0.5, 0.6) is 0 Å². The van der Waals surface area contributed by atoms with Gasteiger partial charge in [-0.25, -0.2) is 0 Å². The Bertz CT molecular complexity index is 573. The summed E-state index contributed by atoms with van der Waals surface area (Å²) in [7, 11) is 3.48. The Hall–Kier alpha value is -1.81. The van der Waals surface area contributed by atoms with Crippen LogP contribution in [0.3, 0.4) is 0 Å². The minimum Gasteiger partial charge on any atom is -0.390 e. The molecule has 2 N–H and O–H groups in total. The molecule has 0 saturated heterocycles. The molecule has 18 heavy (non-hydrogen) atoms. The highest BCUT2D eigenvalue weighted by Gasteiger charge is 2.22. The summed E-state index contributed by atoms with van der Waals surface area (Å²) in [5, 5.41) is 0.588. The molecule has 0 aliphatic heterocycles. The van der Waals surface area contributed by atoms with Crippen molar-refractivity contribution in [2.75, 3.05) is 19.8 Å². The second kappa shape index (κ2) is 4.82. The highest BCUT2D eigenvalue weighted by atomic mass is 32.1. The first kappa shape index (κ1) is 12.6. The van der Waals surface area contributed by atoms with E-state index in [9.17, 15) is 4.79 Å². The van der Waals surface area contributed by atoms with Gasteiger partial charge in [-0.05, 0) is 12.5 Å². The van der Waals surface area contributed by atoms with Crippen molar-refractivity contribution in [1.29, 1.82) is 0 Å². The fourth-order valence-electron chi connectivity index (χ4n) is 1.95. The minimum absolute atomic E-state index is 0.0456. The van der Waals surface area contributed by atoms with E-state index in [0.717, 1.165) is 16.0 Å². The van der Waals surface area contributed by atoms with Gasteiger partial charge in [0.1, 0.15) is 0 Å². The molecule has 1 aromatic heterocycles. The first-order chi connectivity index (χ1) is 8.52. The molecule has 0 saturated carbocycles. The molecule has 0 atom stereocenters. The fraction of sp³-hybridized carbons (Fsp3) is 0.214. The number of amides is 1. The number of anilines is 1. The second-order valence-electron chi connectivity index (χ2n) is 4.34. The Kier molecular flexibility index (Phi) is 3.39. The van der Waals surface area contributed by atoms with Gasteiger partial charge in [-0.1, -0.05) is 30.3 Å². The van der Waals surface area contributed by atoms with Crippen molar-refractivity contribution in [1.82, 2.24) is 4.90 Å². The predicted molar refractivity (Wildman–Crippen MR) is 76.9 cm³/mol. The van der Waals surface area contributed by atoms with E-state index >= 15 is 0 Å². The number of nitrogens with two attached hydrogens (primary N) is 1. The number of carbonyl (C=O) groups excluding carboxylic acids is 1. The molecule has 94 valence electrons. The maximum Gasteiger partial charge on any atom is 0.256 e.